The predicted octanol–water partition coefficient (Wildman–Crippen LogP) is 3.21. The van der Waals surface area contributed by atoms with Crippen LogP contribution in [0, 0.1) is 12.7 Å². The molecule has 0 N–H and O–H groups in total. The smallest absolute Gasteiger partial charge is 0.177 e. The molecule has 1 rings (SSSR count). The van der Waals surface area contributed by atoms with Gasteiger partial charge in [0.05, 0.1) is 10.9 Å². The third-order valence-corrected chi connectivity index (χ3v) is 2.17. The number of halogens is 3. The molecule has 0 radical (unpaired) electrons. The highest BCUT2D eigenvalue weighted by molar-refractivity contribution is 6.33. The summed E-state index contributed by atoms with van der Waals surface area (Å²) in [4.78, 5) is 11.1. The van der Waals surface area contributed by atoms with Crippen LogP contribution in [-0.2, 0) is 0 Å². The first-order chi connectivity index (χ1) is 6.06. The summed E-state index contributed by atoms with van der Waals surface area (Å²) in [6.07, 6.45) is 0. The van der Waals surface area contributed by atoms with Crippen LogP contribution in [0.1, 0.15) is 15.9 Å². The van der Waals surface area contributed by atoms with Crippen molar-refractivity contribution in [2.75, 3.05) is 5.88 Å². The minimum atomic E-state index is -0.493. The number of alkyl halides is 1. The van der Waals surface area contributed by atoms with Crippen molar-refractivity contribution in [1.29, 1.82) is 0 Å². The molecular weight excluding hydrogens is 214 g/mol. The Hall–Kier alpha value is -0.600. The first-order valence-corrected chi connectivity index (χ1v) is 4.52. The van der Waals surface area contributed by atoms with Crippen LogP contribution < -0.4 is 0 Å². The fraction of sp³-hybridized carbons (Fsp3) is 0.222. The Morgan fingerprint density at radius 1 is 1.54 bits per heavy atom. The summed E-state index contributed by atoms with van der Waals surface area (Å²) in [6.45, 7) is 1.55. The van der Waals surface area contributed by atoms with Crippen molar-refractivity contribution in [2.45, 2.75) is 6.92 Å². The number of Topliss-reactive ketones (excluding diaryl/α,β-unsaturated/α-hetero) is 1. The lowest BCUT2D eigenvalue weighted by molar-refractivity contribution is 0.102. The van der Waals surface area contributed by atoms with E-state index >= 15 is 0 Å². The van der Waals surface area contributed by atoms with Crippen molar-refractivity contribution in [2.24, 2.45) is 0 Å². The number of aryl methyl sites for hydroxylation is 1. The average molecular weight is 221 g/mol. The van der Waals surface area contributed by atoms with Crippen LogP contribution in [0.5, 0.6) is 0 Å². The normalized spacial score (nSPS) is 10.2. The minimum absolute atomic E-state index is 0.0477. The molecule has 0 saturated carbocycles. The van der Waals surface area contributed by atoms with Crippen molar-refractivity contribution in [3.05, 3.63) is 34.1 Å². The number of rotatable bonds is 2. The number of carbonyl (C=O) groups is 1. The molecule has 1 aromatic rings. The molecule has 0 bridgehead atoms. The molecule has 0 atom stereocenters. The standard InChI is InChI=1S/C9H7Cl2FO/c1-5-2-6(8(13)4-10)3-7(11)9(5)12/h2-3H,4H2,1H3. The highest BCUT2D eigenvalue weighted by Gasteiger charge is 2.10. The maximum atomic E-state index is 13.0. The fourth-order valence-corrected chi connectivity index (χ4v) is 1.39. The van der Waals surface area contributed by atoms with Gasteiger partial charge in [-0.15, -0.1) is 11.6 Å². The zero-order valence-corrected chi connectivity index (χ0v) is 8.42. The van der Waals surface area contributed by atoms with Crippen LogP contribution in [0.25, 0.3) is 0 Å². The van der Waals surface area contributed by atoms with Crippen LogP contribution >= 0.6 is 23.2 Å². The summed E-state index contributed by atoms with van der Waals surface area (Å²) in [7, 11) is 0. The Morgan fingerprint density at radius 2 is 2.15 bits per heavy atom. The largest absolute Gasteiger partial charge is 0.293 e. The molecule has 1 aromatic carbocycles. The zero-order valence-electron chi connectivity index (χ0n) is 6.90. The first kappa shape index (κ1) is 10.5. The molecule has 0 aliphatic heterocycles. The molecule has 0 amide bonds. The SMILES string of the molecule is Cc1cc(C(=O)CCl)cc(Cl)c1F. The monoisotopic (exact) mass is 220 g/mol. The molecule has 0 unspecified atom stereocenters. The Morgan fingerprint density at radius 3 is 2.62 bits per heavy atom. The van der Waals surface area contributed by atoms with Crippen molar-refractivity contribution in [1.82, 2.24) is 0 Å². The maximum absolute atomic E-state index is 13.0. The second-order valence-corrected chi connectivity index (χ2v) is 3.32. The molecule has 13 heavy (non-hydrogen) atoms. The van der Waals surface area contributed by atoms with E-state index in [0.29, 0.717) is 11.1 Å². The topological polar surface area (TPSA) is 17.1 Å². The second kappa shape index (κ2) is 4.07. The van der Waals surface area contributed by atoms with Crippen LogP contribution in [0.2, 0.25) is 5.02 Å². The van der Waals surface area contributed by atoms with Gasteiger partial charge in [0.15, 0.2) is 5.78 Å². The van der Waals surface area contributed by atoms with Gasteiger partial charge in [0.1, 0.15) is 5.82 Å². The van der Waals surface area contributed by atoms with E-state index in [1.165, 1.54) is 12.1 Å². The minimum Gasteiger partial charge on any atom is -0.293 e. The van der Waals surface area contributed by atoms with Crippen LogP contribution in [0.4, 0.5) is 4.39 Å². The molecule has 0 aliphatic carbocycles. The quantitative estimate of drug-likeness (QED) is 0.553. The molecule has 0 heterocycles. The molecule has 0 aromatic heterocycles. The van der Waals surface area contributed by atoms with Gasteiger partial charge in [-0.3, -0.25) is 4.79 Å². The van der Waals surface area contributed by atoms with Crippen LogP contribution in [-0.4, -0.2) is 11.7 Å². The summed E-state index contributed by atoms with van der Waals surface area (Å²) in [5.41, 5.74) is 0.694. The van der Waals surface area contributed by atoms with Gasteiger partial charge in [0, 0.05) is 5.56 Å². The van der Waals surface area contributed by atoms with Gasteiger partial charge in [-0.1, -0.05) is 11.6 Å². The number of benzene rings is 1. The second-order valence-electron chi connectivity index (χ2n) is 2.65. The summed E-state index contributed by atoms with van der Waals surface area (Å²) in [5.74, 6) is -0.874. The molecule has 70 valence electrons. The Balaban J connectivity index is 3.20. The number of carbonyl (C=O) groups excluding carboxylic acids is 1. The van der Waals surface area contributed by atoms with Crippen molar-refractivity contribution in [3.63, 3.8) is 0 Å². The van der Waals surface area contributed by atoms with E-state index in [4.69, 9.17) is 23.2 Å². The third kappa shape index (κ3) is 2.20. The van der Waals surface area contributed by atoms with Gasteiger partial charge in [0.25, 0.3) is 0 Å². The van der Waals surface area contributed by atoms with E-state index in [2.05, 4.69) is 0 Å². The van der Waals surface area contributed by atoms with Crippen LogP contribution in [0.3, 0.4) is 0 Å². The highest BCUT2D eigenvalue weighted by Crippen LogP contribution is 2.20. The highest BCUT2D eigenvalue weighted by atomic mass is 35.5. The fourth-order valence-electron chi connectivity index (χ4n) is 0.965. The maximum Gasteiger partial charge on any atom is 0.177 e. The van der Waals surface area contributed by atoms with Gasteiger partial charge >= 0.3 is 0 Å². The lowest BCUT2D eigenvalue weighted by Crippen LogP contribution is -2.01. The molecule has 4 heteroatoms. The molecule has 0 spiro atoms. The Kier molecular flexibility index (Phi) is 3.28. The van der Waals surface area contributed by atoms with Crippen molar-refractivity contribution >= 4 is 29.0 Å². The van der Waals surface area contributed by atoms with E-state index in [1.807, 2.05) is 0 Å². The predicted molar refractivity (Wildman–Crippen MR) is 51.2 cm³/mol. The molecule has 1 nitrogen and oxygen atoms in total. The van der Waals surface area contributed by atoms with Gasteiger partial charge in [0.2, 0.25) is 0 Å². The lowest BCUT2D eigenvalue weighted by Gasteiger charge is -2.02. The third-order valence-electron chi connectivity index (χ3n) is 1.65. The average Bonchev–Trinajstić information content (AvgIpc) is 2.12. The van der Waals surface area contributed by atoms with Gasteiger partial charge in [-0.2, -0.15) is 0 Å². The van der Waals surface area contributed by atoms with E-state index < -0.39 is 5.82 Å². The van der Waals surface area contributed by atoms with E-state index in [-0.39, 0.29) is 16.7 Å². The molecule has 0 fully saturated rings. The van der Waals surface area contributed by atoms with Gasteiger partial charge in [-0.25, -0.2) is 4.39 Å². The lowest BCUT2D eigenvalue weighted by atomic mass is 10.1. The first-order valence-electron chi connectivity index (χ1n) is 3.61. The summed E-state index contributed by atoms with van der Waals surface area (Å²) < 4.78 is 13.0. The Labute approximate surface area is 85.5 Å². The molecule has 0 aliphatic rings. The van der Waals surface area contributed by atoms with E-state index in [0.717, 1.165) is 0 Å². The number of hydrogen-bond donors (Lipinski definition) is 0. The number of hydrogen-bond acceptors (Lipinski definition) is 1. The van der Waals surface area contributed by atoms with Gasteiger partial charge in [-0.05, 0) is 24.6 Å². The van der Waals surface area contributed by atoms with E-state index in [1.54, 1.807) is 6.92 Å². The van der Waals surface area contributed by atoms with Crippen LogP contribution in [0.15, 0.2) is 12.1 Å². The van der Waals surface area contributed by atoms with Crippen molar-refractivity contribution < 1.29 is 9.18 Å². The molecular formula is C9H7Cl2FO. The summed E-state index contributed by atoms with van der Waals surface area (Å²) in [5, 5.41) is -0.0477. The summed E-state index contributed by atoms with van der Waals surface area (Å²) >= 11 is 10.9. The van der Waals surface area contributed by atoms with E-state index in [9.17, 15) is 9.18 Å². The van der Waals surface area contributed by atoms with Crippen molar-refractivity contribution in [3.8, 4) is 0 Å². The molecule has 0 saturated heterocycles. The zero-order chi connectivity index (χ0) is 10.0. The summed E-state index contributed by atoms with van der Waals surface area (Å²) in [6, 6.07) is 2.72. The Bertz CT molecular complexity index is 326. The van der Waals surface area contributed by atoms with Gasteiger partial charge < -0.3 is 0 Å². The number of ketones is 1.